The molecule has 1 aliphatic heterocycles. The molecule has 6 aromatic rings. The van der Waals surface area contributed by atoms with Crippen LogP contribution in [0.2, 0.25) is 0 Å². The van der Waals surface area contributed by atoms with E-state index in [4.69, 9.17) is 14.2 Å². The molecule has 0 aliphatic carbocycles. The largest absolute Gasteiger partial charge is 0.508 e. The molecule has 54 heavy (non-hydrogen) atoms. The smallest absolute Gasteiger partial charge is 0.410 e. The van der Waals surface area contributed by atoms with Gasteiger partial charge < -0.3 is 24.2 Å². The molecule has 6 aromatic carbocycles. The van der Waals surface area contributed by atoms with Crippen LogP contribution in [-0.2, 0) is 26.4 Å². The van der Waals surface area contributed by atoms with E-state index in [2.05, 4.69) is 66.7 Å². The zero-order valence-electron chi connectivity index (χ0n) is 31.5. The molecule has 6 heteroatoms. The van der Waals surface area contributed by atoms with Crippen molar-refractivity contribution in [2.45, 2.75) is 57.5 Å². The molecule has 3 atom stereocenters. The Labute approximate surface area is 319 Å². The summed E-state index contributed by atoms with van der Waals surface area (Å²) < 4.78 is 20.4. The lowest BCUT2D eigenvalue weighted by Gasteiger charge is -2.46. The Balaban J connectivity index is 1.32. The monoisotopic (exact) mass is 719 g/mol. The zero-order chi connectivity index (χ0) is 37.7. The first-order chi connectivity index (χ1) is 26.1. The Morgan fingerprint density at radius 2 is 1.28 bits per heavy atom. The van der Waals surface area contributed by atoms with Crippen molar-refractivity contribution < 1.29 is 24.1 Å². The van der Waals surface area contributed by atoms with Gasteiger partial charge in [0, 0.05) is 18.4 Å². The fourth-order valence-electron chi connectivity index (χ4n) is 7.91. The number of fused-ring (bicyclic) bond motifs is 1. The number of hydrogen-bond donors (Lipinski definition) is 1. The van der Waals surface area contributed by atoms with Crippen molar-refractivity contribution in [3.63, 3.8) is 0 Å². The number of phenols is 1. The van der Waals surface area contributed by atoms with Crippen molar-refractivity contribution >= 4 is 16.9 Å². The van der Waals surface area contributed by atoms with Gasteiger partial charge in [0.25, 0.3) is 0 Å². The topological polar surface area (TPSA) is 68.2 Å². The Morgan fingerprint density at radius 1 is 0.704 bits per heavy atom. The van der Waals surface area contributed by atoms with Gasteiger partial charge in [-0.2, -0.15) is 0 Å². The summed E-state index contributed by atoms with van der Waals surface area (Å²) in [6.45, 7) is 9.07. The number of aromatic hydroxyl groups is 1. The first-order valence-electron chi connectivity index (χ1n) is 18.8. The molecule has 1 heterocycles. The third-order valence-electron chi connectivity index (χ3n) is 10.4. The molecular formula is C48H49NO5. The molecule has 1 saturated heterocycles. The van der Waals surface area contributed by atoms with Gasteiger partial charge in [-0.3, -0.25) is 0 Å². The van der Waals surface area contributed by atoms with E-state index in [-0.39, 0.29) is 23.7 Å². The Kier molecular flexibility index (Phi) is 10.9. The average Bonchev–Trinajstić information content (AvgIpc) is 3.18. The van der Waals surface area contributed by atoms with E-state index in [0.29, 0.717) is 26.3 Å². The molecule has 1 amide bonds. The standard InChI is InChI=1S/C48H49NO5/c1-34-28-42(50)26-27-43(34)45-38(33-53-48(39-18-8-5-9-19-39,40-20-10-6-11-21-40)41-22-12-7-13-23-41)30-49(46(51)54-47(2,3)4)31-44(45)52-32-35-24-25-36-16-14-15-17-37(36)29-35/h5-29,38,44-45,50H,30-33H2,1-4H3. The highest BCUT2D eigenvalue weighted by molar-refractivity contribution is 5.83. The number of carbonyl (C=O) groups excluding carboxylic acids is 1. The highest BCUT2D eigenvalue weighted by Crippen LogP contribution is 2.44. The first-order valence-corrected chi connectivity index (χ1v) is 18.8. The van der Waals surface area contributed by atoms with E-state index in [9.17, 15) is 9.90 Å². The Hall–Kier alpha value is -5.43. The van der Waals surface area contributed by atoms with Crippen LogP contribution < -0.4 is 0 Å². The van der Waals surface area contributed by atoms with Crippen molar-refractivity contribution in [2.24, 2.45) is 5.92 Å². The number of piperidine rings is 1. The van der Waals surface area contributed by atoms with E-state index in [0.717, 1.165) is 38.8 Å². The molecule has 276 valence electrons. The molecule has 0 spiro atoms. The van der Waals surface area contributed by atoms with E-state index >= 15 is 0 Å². The summed E-state index contributed by atoms with van der Waals surface area (Å²) in [7, 11) is 0. The summed E-state index contributed by atoms with van der Waals surface area (Å²) in [5.41, 5.74) is 4.45. The lowest BCUT2D eigenvalue weighted by atomic mass is 9.76. The second kappa shape index (κ2) is 15.9. The maximum Gasteiger partial charge on any atom is 0.410 e. The third kappa shape index (κ3) is 8.06. The predicted octanol–water partition coefficient (Wildman–Crippen LogP) is 10.4. The normalized spacial score (nSPS) is 17.7. The number of ether oxygens (including phenoxy) is 3. The Morgan fingerprint density at radius 3 is 1.85 bits per heavy atom. The second-order valence-corrected chi connectivity index (χ2v) is 15.3. The molecule has 0 aromatic heterocycles. The molecular weight excluding hydrogens is 671 g/mol. The summed E-state index contributed by atoms with van der Waals surface area (Å²) in [6.07, 6.45) is -0.790. The van der Waals surface area contributed by atoms with E-state index in [1.807, 2.05) is 100 Å². The van der Waals surface area contributed by atoms with Crippen molar-refractivity contribution in [3.05, 3.63) is 185 Å². The molecule has 0 saturated carbocycles. The highest BCUT2D eigenvalue weighted by atomic mass is 16.6. The van der Waals surface area contributed by atoms with Crippen LogP contribution >= 0.6 is 0 Å². The molecule has 1 N–H and O–H groups in total. The Bertz CT molecular complexity index is 2070. The minimum Gasteiger partial charge on any atom is -0.508 e. The zero-order valence-corrected chi connectivity index (χ0v) is 31.5. The number of carbonyl (C=O) groups is 1. The fourth-order valence-corrected chi connectivity index (χ4v) is 7.91. The van der Waals surface area contributed by atoms with Gasteiger partial charge in [0.05, 0.1) is 25.9 Å². The van der Waals surface area contributed by atoms with Crippen molar-refractivity contribution in [2.75, 3.05) is 19.7 Å². The van der Waals surface area contributed by atoms with Crippen LogP contribution in [0.4, 0.5) is 4.79 Å². The molecule has 0 bridgehead atoms. The molecule has 1 aliphatic rings. The van der Waals surface area contributed by atoms with Gasteiger partial charge in [-0.25, -0.2) is 4.79 Å². The fraction of sp³-hybridized carbons (Fsp3) is 0.271. The van der Waals surface area contributed by atoms with Gasteiger partial charge in [0.1, 0.15) is 17.0 Å². The number of aryl methyl sites for hydroxylation is 1. The summed E-state index contributed by atoms with van der Waals surface area (Å²) >= 11 is 0. The minimum atomic E-state index is -0.950. The lowest BCUT2D eigenvalue weighted by molar-refractivity contribution is -0.0822. The summed E-state index contributed by atoms with van der Waals surface area (Å²) in [4.78, 5) is 15.7. The van der Waals surface area contributed by atoms with Crippen LogP contribution in [0.3, 0.4) is 0 Å². The van der Waals surface area contributed by atoms with Crippen molar-refractivity contribution in [1.29, 1.82) is 0 Å². The number of phenolic OH excluding ortho intramolecular Hbond substituents is 1. The first kappa shape index (κ1) is 36.9. The number of rotatable bonds is 10. The second-order valence-electron chi connectivity index (χ2n) is 15.3. The van der Waals surface area contributed by atoms with E-state index in [1.54, 1.807) is 17.0 Å². The maximum absolute atomic E-state index is 13.9. The van der Waals surface area contributed by atoms with Gasteiger partial charge in [-0.15, -0.1) is 0 Å². The van der Waals surface area contributed by atoms with Crippen LogP contribution in [-0.4, -0.2) is 47.5 Å². The molecule has 7 rings (SSSR count). The minimum absolute atomic E-state index is 0.176. The molecule has 0 radical (unpaired) electrons. The quantitative estimate of drug-likeness (QED) is 0.143. The predicted molar refractivity (Wildman–Crippen MR) is 215 cm³/mol. The summed E-state index contributed by atoms with van der Waals surface area (Å²) in [6, 6.07) is 51.3. The van der Waals surface area contributed by atoms with Crippen molar-refractivity contribution in [3.8, 4) is 5.75 Å². The van der Waals surface area contributed by atoms with Crippen LogP contribution in [0.15, 0.2) is 152 Å². The number of nitrogens with zero attached hydrogens (tertiary/aromatic N) is 1. The van der Waals surface area contributed by atoms with Gasteiger partial charge in [0.2, 0.25) is 0 Å². The number of amides is 1. The van der Waals surface area contributed by atoms with E-state index in [1.165, 1.54) is 5.39 Å². The number of likely N-dealkylation sites (tertiary alicyclic amines) is 1. The van der Waals surface area contributed by atoms with Crippen molar-refractivity contribution in [1.82, 2.24) is 4.90 Å². The average molecular weight is 720 g/mol. The van der Waals surface area contributed by atoms with Gasteiger partial charge in [0.15, 0.2) is 0 Å². The maximum atomic E-state index is 13.9. The molecule has 3 unspecified atom stereocenters. The van der Waals surface area contributed by atoms with Crippen LogP contribution in [0.1, 0.15) is 60.1 Å². The van der Waals surface area contributed by atoms with Gasteiger partial charge >= 0.3 is 6.09 Å². The van der Waals surface area contributed by atoms with Gasteiger partial charge in [-0.05, 0) is 90.0 Å². The lowest BCUT2D eigenvalue weighted by Crippen LogP contribution is -2.54. The van der Waals surface area contributed by atoms with Crippen LogP contribution in [0, 0.1) is 12.8 Å². The highest BCUT2D eigenvalue weighted by Gasteiger charge is 2.45. The molecule has 1 fully saturated rings. The molecule has 6 nitrogen and oxygen atoms in total. The van der Waals surface area contributed by atoms with Crippen LogP contribution in [0.5, 0.6) is 5.75 Å². The number of hydrogen-bond acceptors (Lipinski definition) is 5. The third-order valence-corrected chi connectivity index (χ3v) is 10.4. The SMILES string of the molecule is Cc1cc(O)ccc1C1C(COC(c2ccccc2)(c2ccccc2)c2ccccc2)CN(C(=O)OC(C)(C)C)CC1OCc1ccc2ccccc2c1. The van der Waals surface area contributed by atoms with Crippen LogP contribution in [0.25, 0.3) is 10.8 Å². The van der Waals surface area contributed by atoms with Gasteiger partial charge in [-0.1, -0.05) is 133 Å². The summed E-state index contributed by atoms with van der Waals surface area (Å²) in [5, 5.41) is 12.8. The summed E-state index contributed by atoms with van der Waals surface area (Å²) in [5.74, 6) is -0.184. The number of benzene rings is 6. The van der Waals surface area contributed by atoms with E-state index < -0.39 is 17.3 Å².